The van der Waals surface area contributed by atoms with Gasteiger partial charge in [0.1, 0.15) is 16.6 Å². The van der Waals surface area contributed by atoms with Crippen LogP contribution in [0.4, 0.5) is 5.69 Å². The fraction of sp³-hybridized carbons (Fsp3) is 0.125. The third kappa shape index (κ3) is 4.08. The summed E-state index contributed by atoms with van der Waals surface area (Å²) in [4.78, 5) is 17.3. The number of rotatable bonds is 3. The fourth-order valence-electron chi connectivity index (χ4n) is 3.75. The molecule has 164 valence electrons. The Morgan fingerprint density at radius 1 is 1.00 bits per heavy atom. The van der Waals surface area contributed by atoms with Crippen molar-refractivity contribution >= 4 is 62.8 Å². The van der Waals surface area contributed by atoms with Gasteiger partial charge in [0.05, 0.1) is 11.7 Å². The number of nitrogens with one attached hydrogen (secondary N) is 2. The summed E-state index contributed by atoms with van der Waals surface area (Å²) in [6, 6.07) is 15.0. The number of amides is 1. The van der Waals surface area contributed by atoms with Crippen LogP contribution in [-0.2, 0) is 0 Å². The molecule has 0 bridgehead atoms. The summed E-state index contributed by atoms with van der Waals surface area (Å²) < 4.78 is 14.4. The maximum atomic E-state index is 12.6. The van der Waals surface area contributed by atoms with E-state index >= 15 is 0 Å². The van der Waals surface area contributed by atoms with Crippen molar-refractivity contribution in [3.63, 3.8) is 0 Å². The number of thiocarbonyl (C=S) groups is 1. The smallest absolute Gasteiger partial charge is 0.257 e. The van der Waals surface area contributed by atoms with Crippen LogP contribution in [0.15, 0.2) is 52.9 Å². The van der Waals surface area contributed by atoms with Crippen molar-refractivity contribution in [3.8, 4) is 11.5 Å². The van der Waals surface area contributed by atoms with Crippen LogP contribution in [0.1, 0.15) is 27.0 Å². The lowest BCUT2D eigenvalue weighted by Gasteiger charge is -2.13. The molecule has 0 aliphatic carbocycles. The topological polar surface area (TPSA) is 92.9 Å². The Balaban J connectivity index is 1.37. The summed E-state index contributed by atoms with van der Waals surface area (Å²) >= 11 is 6.50. The van der Waals surface area contributed by atoms with Gasteiger partial charge in [-0.3, -0.25) is 10.1 Å². The maximum Gasteiger partial charge on any atom is 0.257 e. The van der Waals surface area contributed by atoms with Gasteiger partial charge in [-0.1, -0.05) is 12.1 Å². The normalized spacial score (nSPS) is 11.1. The number of aryl methyl sites for hydroxylation is 2. The van der Waals surface area contributed by atoms with Crippen LogP contribution < -0.4 is 10.6 Å². The fourth-order valence-corrected chi connectivity index (χ4v) is 4.47. The molecule has 5 rings (SSSR count). The van der Waals surface area contributed by atoms with E-state index in [1.54, 1.807) is 18.2 Å². The van der Waals surface area contributed by atoms with Gasteiger partial charge in [-0.05, 0) is 86.1 Å². The highest BCUT2D eigenvalue weighted by Crippen LogP contribution is 2.32. The molecule has 2 aromatic heterocycles. The van der Waals surface area contributed by atoms with E-state index in [0.29, 0.717) is 17.0 Å². The molecule has 1 amide bonds. The summed E-state index contributed by atoms with van der Waals surface area (Å²) in [6.07, 6.45) is 0. The highest BCUT2D eigenvalue weighted by atomic mass is 32.1. The Bertz CT molecular complexity index is 1550. The molecule has 0 unspecified atom stereocenters. The molecule has 0 radical (unpaired) electrons. The first-order valence-corrected chi connectivity index (χ1v) is 11.4. The number of oxazole rings is 1. The third-order valence-corrected chi connectivity index (χ3v) is 6.14. The van der Waals surface area contributed by atoms with E-state index in [9.17, 15) is 4.79 Å². The van der Waals surface area contributed by atoms with Crippen molar-refractivity contribution < 1.29 is 9.21 Å². The number of aromatic nitrogens is 3. The number of benzene rings is 3. The van der Waals surface area contributed by atoms with E-state index in [1.165, 1.54) is 0 Å². The molecule has 9 heteroatoms. The van der Waals surface area contributed by atoms with Crippen molar-refractivity contribution in [2.24, 2.45) is 0 Å². The molecule has 0 fully saturated rings. The van der Waals surface area contributed by atoms with E-state index in [-0.39, 0.29) is 11.0 Å². The van der Waals surface area contributed by atoms with Crippen LogP contribution in [0.2, 0.25) is 0 Å². The van der Waals surface area contributed by atoms with Gasteiger partial charge in [0.2, 0.25) is 5.89 Å². The Labute approximate surface area is 199 Å². The van der Waals surface area contributed by atoms with Crippen molar-refractivity contribution in [3.05, 3.63) is 70.8 Å². The highest BCUT2D eigenvalue weighted by molar-refractivity contribution is 7.80. The Hall–Kier alpha value is -3.69. The molecular formula is C24H19N5O2S2. The summed E-state index contributed by atoms with van der Waals surface area (Å²) in [5.74, 6) is 0.223. The second kappa shape index (κ2) is 8.34. The quantitative estimate of drug-likeness (QED) is 0.332. The predicted octanol–water partition coefficient (Wildman–Crippen LogP) is 5.55. The van der Waals surface area contributed by atoms with Crippen LogP contribution in [-0.4, -0.2) is 24.8 Å². The zero-order chi connectivity index (χ0) is 23.1. The van der Waals surface area contributed by atoms with E-state index < -0.39 is 0 Å². The number of hydrogen-bond acceptors (Lipinski definition) is 7. The molecule has 0 saturated heterocycles. The monoisotopic (exact) mass is 473 g/mol. The number of anilines is 1. The van der Waals surface area contributed by atoms with Gasteiger partial charge in [0.15, 0.2) is 10.7 Å². The van der Waals surface area contributed by atoms with E-state index in [4.69, 9.17) is 16.6 Å². The van der Waals surface area contributed by atoms with Gasteiger partial charge in [-0.15, -0.1) is 0 Å². The standard InChI is InChI=1S/C24H19N5O2S2/c1-12-9-13(2)21-20(10-12)25-23(31-21)16-5-4-6-17(14(16)3)26-24(32)27-22(30)15-7-8-18-19(11-15)29-33-28-18/h4-11H,1-3H3,(H2,26,27,30,32). The first kappa shape index (κ1) is 21.2. The second-order valence-corrected chi connectivity index (χ2v) is 8.74. The molecule has 2 heterocycles. The first-order valence-electron chi connectivity index (χ1n) is 10.2. The molecule has 3 aromatic carbocycles. The SMILES string of the molecule is Cc1cc(C)c2oc(-c3cccc(NC(=S)NC(=O)c4ccc5nsnc5c4)c3C)nc2c1. The Morgan fingerprint density at radius 3 is 2.67 bits per heavy atom. The van der Waals surface area contributed by atoms with Crippen molar-refractivity contribution in [1.82, 2.24) is 19.0 Å². The highest BCUT2D eigenvalue weighted by Gasteiger charge is 2.16. The minimum atomic E-state index is -0.319. The van der Waals surface area contributed by atoms with Crippen molar-refractivity contribution in [1.29, 1.82) is 0 Å². The lowest BCUT2D eigenvalue weighted by Crippen LogP contribution is -2.34. The van der Waals surface area contributed by atoms with E-state index in [2.05, 4.69) is 30.4 Å². The summed E-state index contributed by atoms with van der Waals surface area (Å²) in [5.41, 5.74) is 8.21. The summed E-state index contributed by atoms with van der Waals surface area (Å²) in [6.45, 7) is 6.01. The van der Waals surface area contributed by atoms with Crippen LogP contribution in [0.5, 0.6) is 0 Å². The molecule has 33 heavy (non-hydrogen) atoms. The number of hydrogen-bond donors (Lipinski definition) is 2. The molecular weight excluding hydrogens is 454 g/mol. The van der Waals surface area contributed by atoms with Gasteiger partial charge in [-0.2, -0.15) is 8.75 Å². The van der Waals surface area contributed by atoms with E-state index in [0.717, 1.165) is 56.3 Å². The van der Waals surface area contributed by atoms with Gasteiger partial charge in [0.25, 0.3) is 5.91 Å². The molecule has 7 nitrogen and oxygen atoms in total. The lowest BCUT2D eigenvalue weighted by molar-refractivity contribution is 0.0978. The zero-order valence-corrected chi connectivity index (χ0v) is 19.7. The lowest BCUT2D eigenvalue weighted by atomic mass is 10.1. The number of fused-ring (bicyclic) bond motifs is 2. The predicted molar refractivity (Wildman–Crippen MR) is 135 cm³/mol. The van der Waals surface area contributed by atoms with Crippen molar-refractivity contribution in [2.75, 3.05) is 5.32 Å². The molecule has 5 aromatic rings. The molecule has 0 saturated carbocycles. The zero-order valence-electron chi connectivity index (χ0n) is 18.1. The average molecular weight is 474 g/mol. The summed E-state index contributed by atoms with van der Waals surface area (Å²) in [5, 5.41) is 6.03. The molecule has 2 N–H and O–H groups in total. The second-order valence-electron chi connectivity index (χ2n) is 7.80. The minimum absolute atomic E-state index is 0.195. The molecule has 0 spiro atoms. The van der Waals surface area contributed by atoms with Gasteiger partial charge >= 0.3 is 0 Å². The molecule has 0 atom stereocenters. The number of nitrogens with zero attached hydrogens (tertiary/aromatic N) is 3. The van der Waals surface area contributed by atoms with Gasteiger partial charge < -0.3 is 9.73 Å². The minimum Gasteiger partial charge on any atom is -0.436 e. The van der Waals surface area contributed by atoms with Crippen molar-refractivity contribution in [2.45, 2.75) is 20.8 Å². The average Bonchev–Trinajstić information content (AvgIpc) is 3.41. The largest absolute Gasteiger partial charge is 0.436 e. The number of carbonyl (C=O) groups is 1. The van der Waals surface area contributed by atoms with Crippen LogP contribution in [0, 0.1) is 20.8 Å². The van der Waals surface area contributed by atoms with Crippen LogP contribution >= 0.6 is 23.9 Å². The third-order valence-electron chi connectivity index (χ3n) is 5.38. The van der Waals surface area contributed by atoms with Crippen LogP contribution in [0.25, 0.3) is 33.6 Å². The molecule has 0 aliphatic rings. The Morgan fingerprint density at radius 2 is 1.82 bits per heavy atom. The van der Waals surface area contributed by atoms with Crippen LogP contribution in [0.3, 0.4) is 0 Å². The number of carbonyl (C=O) groups excluding carboxylic acids is 1. The van der Waals surface area contributed by atoms with Gasteiger partial charge in [-0.25, -0.2) is 4.98 Å². The molecule has 0 aliphatic heterocycles. The Kier molecular flexibility index (Phi) is 5.35. The maximum absolute atomic E-state index is 12.6. The van der Waals surface area contributed by atoms with Gasteiger partial charge in [0, 0.05) is 16.8 Å². The first-order chi connectivity index (χ1) is 15.9. The summed E-state index contributed by atoms with van der Waals surface area (Å²) in [7, 11) is 0. The van der Waals surface area contributed by atoms with E-state index in [1.807, 2.05) is 45.0 Å².